The van der Waals surface area contributed by atoms with E-state index in [-0.39, 0.29) is 5.75 Å². The smallest absolute Gasteiger partial charge is 0.167 e. The fourth-order valence-electron chi connectivity index (χ4n) is 1.68. The number of nitrogens with two attached hydrogens (primary N) is 1. The molecule has 19 heavy (non-hydrogen) atoms. The lowest BCUT2D eigenvalue weighted by Gasteiger charge is -2.11. The third-order valence-corrected chi connectivity index (χ3v) is 2.69. The van der Waals surface area contributed by atoms with Crippen LogP contribution in [-0.2, 0) is 0 Å². The van der Waals surface area contributed by atoms with Crippen LogP contribution >= 0.6 is 0 Å². The molecule has 0 aliphatic carbocycles. The van der Waals surface area contributed by atoms with E-state index in [0.29, 0.717) is 22.8 Å². The van der Waals surface area contributed by atoms with Gasteiger partial charge < -0.3 is 20.5 Å². The quantitative estimate of drug-likeness (QED) is 0.831. The Morgan fingerprint density at radius 3 is 2.42 bits per heavy atom. The van der Waals surface area contributed by atoms with Crippen molar-refractivity contribution in [3.05, 3.63) is 42.2 Å². The summed E-state index contributed by atoms with van der Waals surface area (Å²) < 4.78 is 23.5. The Labute approximate surface area is 111 Å². The minimum atomic E-state index is -0.431. The van der Waals surface area contributed by atoms with Crippen molar-refractivity contribution < 1.29 is 13.9 Å². The molecule has 0 spiro atoms. The summed E-state index contributed by atoms with van der Waals surface area (Å²) in [4.78, 5) is 0. The number of nitrogens with one attached hydrogen (secondary N) is 1. The maximum Gasteiger partial charge on any atom is 0.167 e. The Hall–Kier alpha value is -2.43. The van der Waals surface area contributed by atoms with Gasteiger partial charge in [-0.15, -0.1) is 0 Å². The number of rotatable bonds is 4. The van der Waals surface area contributed by atoms with Gasteiger partial charge >= 0.3 is 0 Å². The zero-order chi connectivity index (χ0) is 13.8. The average molecular weight is 262 g/mol. The van der Waals surface area contributed by atoms with Gasteiger partial charge in [-0.25, -0.2) is 4.39 Å². The number of benzene rings is 2. The summed E-state index contributed by atoms with van der Waals surface area (Å²) in [6, 6.07) is 9.86. The van der Waals surface area contributed by atoms with E-state index >= 15 is 0 Å². The molecule has 0 fully saturated rings. The maximum atomic E-state index is 13.6. The third kappa shape index (κ3) is 2.88. The van der Waals surface area contributed by atoms with Crippen LogP contribution in [0.2, 0.25) is 0 Å². The van der Waals surface area contributed by atoms with Gasteiger partial charge in [-0.05, 0) is 24.3 Å². The van der Waals surface area contributed by atoms with Crippen molar-refractivity contribution in [3.8, 4) is 11.5 Å². The van der Waals surface area contributed by atoms with Crippen molar-refractivity contribution in [1.29, 1.82) is 0 Å². The lowest BCUT2D eigenvalue weighted by atomic mass is 10.2. The minimum Gasteiger partial charge on any atom is -0.497 e. The van der Waals surface area contributed by atoms with Crippen molar-refractivity contribution in [2.75, 3.05) is 25.3 Å². The van der Waals surface area contributed by atoms with E-state index in [0.717, 1.165) is 0 Å². The average Bonchev–Trinajstić information content (AvgIpc) is 2.41. The second-order valence-electron chi connectivity index (χ2n) is 3.93. The number of anilines is 3. The molecule has 2 rings (SSSR count). The van der Waals surface area contributed by atoms with E-state index in [2.05, 4.69) is 5.32 Å². The first-order valence-corrected chi connectivity index (χ1v) is 5.68. The molecule has 5 heteroatoms. The minimum absolute atomic E-state index is 0.202. The summed E-state index contributed by atoms with van der Waals surface area (Å²) in [6.07, 6.45) is 0. The highest BCUT2D eigenvalue weighted by molar-refractivity contribution is 5.74. The zero-order valence-corrected chi connectivity index (χ0v) is 10.7. The highest BCUT2D eigenvalue weighted by Gasteiger charge is 2.05. The molecule has 0 saturated carbocycles. The van der Waals surface area contributed by atoms with Crippen LogP contribution in [0.15, 0.2) is 36.4 Å². The van der Waals surface area contributed by atoms with E-state index in [1.165, 1.54) is 13.2 Å². The molecule has 0 unspecified atom stereocenters. The molecular weight excluding hydrogens is 247 g/mol. The summed E-state index contributed by atoms with van der Waals surface area (Å²) in [7, 11) is 2.99. The molecule has 0 atom stereocenters. The SMILES string of the molecule is COc1ccc(Nc2ccc(OC)c(F)c2)c(N)c1. The summed E-state index contributed by atoms with van der Waals surface area (Å²) in [6.45, 7) is 0. The molecule has 3 N–H and O–H groups in total. The van der Waals surface area contributed by atoms with Crippen LogP contribution in [-0.4, -0.2) is 14.2 Å². The standard InChI is InChI=1S/C14H15FN2O2/c1-18-10-4-5-13(12(16)8-10)17-9-3-6-14(19-2)11(15)7-9/h3-8,17H,16H2,1-2H3. The molecule has 2 aromatic carbocycles. The third-order valence-electron chi connectivity index (χ3n) is 2.69. The largest absolute Gasteiger partial charge is 0.497 e. The summed E-state index contributed by atoms with van der Waals surface area (Å²) in [5, 5.41) is 3.04. The zero-order valence-electron chi connectivity index (χ0n) is 10.7. The van der Waals surface area contributed by atoms with Crippen molar-refractivity contribution in [2.24, 2.45) is 0 Å². The molecule has 0 aliphatic rings. The van der Waals surface area contributed by atoms with Crippen LogP contribution in [0.4, 0.5) is 21.5 Å². The Morgan fingerprint density at radius 1 is 1.05 bits per heavy atom. The Kier molecular flexibility index (Phi) is 3.75. The van der Waals surface area contributed by atoms with Gasteiger partial charge in [0.2, 0.25) is 0 Å². The Bertz CT molecular complexity index is 588. The maximum absolute atomic E-state index is 13.6. The van der Waals surface area contributed by atoms with E-state index in [1.54, 1.807) is 37.4 Å². The Balaban J connectivity index is 2.23. The van der Waals surface area contributed by atoms with Crippen LogP contribution in [0.5, 0.6) is 11.5 Å². The number of halogens is 1. The molecule has 4 nitrogen and oxygen atoms in total. The predicted molar refractivity (Wildman–Crippen MR) is 73.6 cm³/mol. The highest BCUT2D eigenvalue weighted by Crippen LogP contribution is 2.28. The normalized spacial score (nSPS) is 10.1. The molecule has 100 valence electrons. The lowest BCUT2D eigenvalue weighted by molar-refractivity contribution is 0.386. The van der Waals surface area contributed by atoms with Crippen molar-refractivity contribution in [2.45, 2.75) is 0 Å². The van der Waals surface area contributed by atoms with E-state index in [1.807, 2.05) is 0 Å². The number of methoxy groups -OCH3 is 2. The van der Waals surface area contributed by atoms with Crippen molar-refractivity contribution >= 4 is 17.1 Å². The summed E-state index contributed by atoms with van der Waals surface area (Å²) in [5.41, 5.74) is 7.68. The molecule has 0 radical (unpaired) electrons. The first-order valence-electron chi connectivity index (χ1n) is 5.68. The summed E-state index contributed by atoms with van der Waals surface area (Å²) in [5.74, 6) is 0.441. The van der Waals surface area contributed by atoms with E-state index < -0.39 is 5.82 Å². The van der Waals surface area contributed by atoms with Gasteiger partial charge in [0, 0.05) is 17.8 Å². The molecule has 0 bridgehead atoms. The first kappa shape index (κ1) is 13.0. The van der Waals surface area contributed by atoms with Gasteiger partial charge in [0.05, 0.1) is 25.6 Å². The molecular formula is C14H15FN2O2. The van der Waals surface area contributed by atoms with Crippen molar-refractivity contribution in [3.63, 3.8) is 0 Å². The second-order valence-corrected chi connectivity index (χ2v) is 3.93. The topological polar surface area (TPSA) is 56.5 Å². The Morgan fingerprint density at radius 2 is 1.84 bits per heavy atom. The van der Waals surface area contributed by atoms with Crippen LogP contribution in [0.3, 0.4) is 0 Å². The van der Waals surface area contributed by atoms with E-state index in [4.69, 9.17) is 15.2 Å². The number of hydrogen-bond donors (Lipinski definition) is 2. The number of hydrogen-bond acceptors (Lipinski definition) is 4. The van der Waals surface area contributed by atoms with Crippen LogP contribution in [0, 0.1) is 5.82 Å². The monoisotopic (exact) mass is 262 g/mol. The van der Waals surface area contributed by atoms with Gasteiger partial charge in [0.25, 0.3) is 0 Å². The summed E-state index contributed by atoms with van der Waals surface area (Å²) >= 11 is 0. The van der Waals surface area contributed by atoms with Crippen LogP contribution in [0.25, 0.3) is 0 Å². The first-order chi connectivity index (χ1) is 9.13. The molecule has 0 saturated heterocycles. The van der Waals surface area contributed by atoms with Gasteiger partial charge in [0.1, 0.15) is 5.75 Å². The lowest BCUT2D eigenvalue weighted by Crippen LogP contribution is -1.98. The van der Waals surface area contributed by atoms with Gasteiger partial charge in [-0.1, -0.05) is 0 Å². The second kappa shape index (κ2) is 5.48. The van der Waals surface area contributed by atoms with Crippen LogP contribution < -0.4 is 20.5 Å². The molecule has 0 amide bonds. The van der Waals surface area contributed by atoms with Gasteiger partial charge in [0.15, 0.2) is 11.6 Å². The van der Waals surface area contributed by atoms with Crippen LogP contribution in [0.1, 0.15) is 0 Å². The fraction of sp³-hybridized carbons (Fsp3) is 0.143. The molecule has 2 aromatic rings. The van der Waals surface area contributed by atoms with Gasteiger partial charge in [-0.3, -0.25) is 0 Å². The number of ether oxygens (including phenoxy) is 2. The number of nitrogen functional groups attached to an aromatic ring is 1. The predicted octanol–water partition coefficient (Wildman–Crippen LogP) is 3.17. The molecule has 0 aromatic heterocycles. The van der Waals surface area contributed by atoms with Gasteiger partial charge in [-0.2, -0.15) is 0 Å². The molecule has 0 heterocycles. The fourth-order valence-corrected chi connectivity index (χ4v) is 1.68. The van der Waals surface area contributed by atoms with E-state index in [9.17, 15) is 4.39 Å². The van der Waals surface area contributed by atoms with Crippen molar-refractivity contribution in [1.82, 2.24) is 0 Å². The molecule has 0 aliphatic heterocycles. The highest BCUT2D eigenvalue weighted by atomic mass is 19.1.